The zero-order valence-corrected chi connectivity index (χ0v) is 11.4. The van der Waals surface area contributed by atoms with Gasteiger partial charge >= 0.3 is 9.28 Å². The molecule has 0 fully saturated rings. The van der Waals surface area contributed by atoms with Crippen LogP contribution in [0.1, 0.15) is 27.7 Å². The molecule has 16 heavy (non-hydrogen) atoms. The van der Waals surface area contributed by atoms with Crippen LogP contribution in [0.25, 0.3) is 0 Å². The summed E-state index contributed by atoms with van der Waals surface area (Å²) in [4.78, 5) is 0. The average molecular weight is 238 g/mol. The lowest BCUT2D eigenvalue weighted by Gasteiger charge is -2.21. The van der Waals surface area contributed by atoms with Crippen molar-refractivity contribution in [3.63, 3.8) is 0 Å². The second-order valence-electron chi connectivity index (χ2n) is 4.21. The lowest BCUT2D eigenvalue weighted by Crippen LogP contribution is -2.42. The van der Waals surface area contributed by atoms with Crippen LogP contribution in [0.2, 0.25) is 0 Å². The van der Waals surface area contributed by atoms with Gasteiger partial charge in [0.1, 0.15) is 0 Å². The van der Waals surface area contributed by atoms with Crippen LogP contribution in [-0.2, 0) is 8.85 Å². The van der Waals surface area contributed by atoms with Crippen LogP contribution in [0.4, 0.5) is 5.69 Å². The van der Waals surface area contributed by atoms with Crippen LogP contribution in [0.5, 0.6) is 0 Å². The van der Waals surface area contributed by atoms with Gasteiger partial charge in [-0.1, -0.05) is 18.2 Å². The van der Waals surface area contributed by atoms with Gasteiger partial charge in [0.15, 0.2) is 0 Å². The summed E-state index contributed by atoms with van der Waals surface area (Å²) in [5.41, 5.74) is 6.69. The van der Waals surface area contributed by atoms with Crippen molar-refractivity contribution in [1.29, 1.82) is 0 Å². The molecule has 0 unspecified atom stereocenters. The number of nitrogen functional groups attached to an aromatic ring is 1. The molecule has 0 saturated carbocycles. The van der Waals surface area contributed by atoms with E-state index in [0.29, 0.717) is 0 Å². The minimum Gasteiger partial charge on any atom is -0.399 e. The van der Waals surface area contributed by atoms with Crippen molar-refractivity contribution >= 4 is 20.2 Å². The Morgan fingerprint density at radius 3 is 1.94 bits per heavy atom. The van der Waals surface area contributed by atoms with E-state index in [1.165, 1.54) is 0 Å². The lowest BCUT2D eigenvalue weighted by molar-refractivity contribution is 0.139. The van der Waals surface area contributed by atoms with Gasteiger partial charge in [0.2, 0.25) is 0 Å². The molecule has 3 nitrogen and oxygen atoms in total. The Balaban J connectivity index is 2.87. The van der Waals surface area contributed by atoms with Crippen molar-refractivity contribution in [3.05, 3.63) is 24.3 Å². The number of nitrogens with two attached hydrogens (primary N) is 1. The summed E-state index contributed by atoms with van der Waals surface area (Å²) < 4.78 is 11.7. The molecule has 0 aliphatic rings. The molecule has 89 valence electrons. The Morgan fingerprint density at radius 1 is 1.00 bits per heavy atom. The zero-order chi connectivity index (χ0) is 12.1. The second kappa shape index (κ2) is 6.03. The first-order valence-corrected chi connectivity index (χ1v) is 6.87. The van der Waals surface area contributed by atoms with Crippen LogP contribution >= 0.6 is 0 Å². The highest BCUT2D eigenvalue weighted by Crippen LogP contribution is 2.06. The molecule has 0 saturated heterocycles. The first kappa shape index (κ1) is 13.2. The van der Waals surface area contributed by atoms with Gasteiger partial charge in [-0.05, 0) is 33.8 Å². The highest BCUT2D eigenvalue weighted by Gasteiger charge is 2.24. The minimum absolute atomic E-state index is 0.146. The molecule has 1 radical (unpaired) electrons. The van der Waals surface area contributed by atoms with E-state index in [9.17, 15) is 0 Å². The van der Waals surface area contributed by atoms with Crippen molar-refractivity contribution in [2.75, 3.05) is 5.73 Å². The smallest absolute Gasteiger partial charge is 0.399 e. The fourth-order valence-electron chi connectivity index (χ4n) is 1.27. The minimum atomic E-state index is -1.48. The van der Waals surface area contributed by atoms with E-state index >= 15 is 0 Å². The van der Waals surface area contributed by atoms with Crippen molar-refractivity contribution in [2.24, 2.45) is 0 Å². The number of rotatable bonds is 5. The van der Waals surface area contributed by atoms with Gasteiger partial charge in [-0.15, -0.1) is 0 Å². The summed E-state index contributed by atoms with van der Waals surface area (Å²) in [6.07, 6.45) is 0.291. The molecule has 1 aromatic carbocycles. The summed E-state index contributed by atoms with van der Waals surface area (Å²) >= 11 is 0. The Labute approximate surface area is 99.4 Å². The molecule has 0 atom stereocenters. The van der Waals surface area contributed by atoms with Gasteiger partial charge < -0.3 is 14.6 Å². The number of benzene rings is 1. The SMILES string of the molecule is CC(C)O[Si](OC(C)C)c1ccccc1N. The number of hydrogen-bond acceptors (Lipinski definition) is 3. The summed E-state index contributed by atoms with van der Waals surface area (Å²) in [6.45, 7) is 8.03. The maximum atomic E-state index is 5.94. The maximum absolute atomic E-state index is 5.94. The molecule has 0 aliphatic carbocycles. The summed E-state index contributed by atoms with van der Waals surface area (Å²) in [6, 6.07) is 7.74. The number of hydrogen-bond donors (Lipinski definition) is 1. The Morgan fingerprint density at radius 2 is 1.50 bits per heavy atom. The standard InChI is InChI=1S/C12H20NO2Si/c1-9(2)14-16(15-10(3)4)12-8-6-5-7-11(12)13/h5-10H,13H2,1-4H3. The molecule has 4 heteroatoms. The third-order valence-corrected chi connectivity index (χ3v) is 4.13. The maximum Gasteiger partial charge on any atom is 0.426 e. The summed E-state index contributed by atoms with van der Waals surface area (Å²) in [5, 5.41) is 0.995. The van der Waals surface area contributed by atoms with Gasteiger partial charge in [0.05, 0.1) is 0 Å². The largest absolute Gasteiger partial charge is 0.426 e. The van der Waals surface area contributed by atoms with Crippen molar-refractivity contribution < 1.29 is 8.85 Å². The molecule has 0 spiro atoms. The quantitative estimate of drug-likeness (QED) is 0.628. The first-order valence-electron chi connectivity index (χ1n) is 5.56. The molecule has 2 N–H and O–H groups in total. The van der Waals surface area contributed by atoms with Crippen LogP contribution < -0.4 is 10.9 Å². The van der Waals surface area contributed by atoms with Crippen molar-refractivity contribution in [2.45, 2.75) is 39.9 Å². The van der Waals surface area contributed by atoms with E-state index in [-0.39, 0.29) is 12.2 Å². The number of para-hydroxylation sites is 1. The molecule has 0 amide bonds. The van der Waals surface area contributed by atoms with E-state index < -0.39 is 9.28 Å². The Kier molecular flexibility index (Phi) is 4.98. The third kappa shape index (κ3) is 3.96. The summed E-state index contributed by atoms with van der Waals surface area (Å²) in [5.74, 6) is 0. The molecule has 1 rings (SSSR count). The molecule has 0 aromatic heterocycles. The van der Waals surface area contributed by atoms with Gasteiger partial charge in [-0.25, -0.2) is 0 Å². The molecular formula is C12H20NO2Si. The van der Waals surface area contributed by atoms with Crippen molar-refractivity contribution in [1.82, 2.24) is 0 Å². The van der Waals surface area contributed by atoms with E-state index in [4.69, 9.17) is 14.6 Å². The molecule has 0 aliphatic heterocycles. The normalized spacial score (nSPS) is 11.7. The van der Waals surface area contributed by atoms with Crippen LogP contribution in [0, 0.1) is 0 Å². The van der Waals surface area contributed by atoms with E-state index in [1.54, 1.807) is 0 Å². The van der Waals surface area contributed by atoms with Gasteiger partial charge in [-0.3, -0.25) is 0 Å². The third-order valence-electron chi connectivity index (χ3n) is 1.87. The number of anilines is 1. The monoisotopic (exact) mass is 238 g/mol. The van der Waals surface area contributed by atoms with E-state index in [2.05, 4.69) is 0 Å². The summed E-state index contributed by atoms with van der Waals surface area (Å²) in [7, 11) is -1.48. The van der Waals surface area contributed by atoms with Gasteiger partial charge in [0, 0.05) is 23.1 Å². The van der Waals surface area contributed by atoms with Gasteiger partial charge in [0.25, 0.3) is 0 Å². The molecular weight excluding hydrogens is 218 g/mol. The highest BCUT2D eigenvalue weighted by atomic mass is 28.3. The molecule has 1 aromatic rings. The highest BCUT2D eigenvalue weighted by molar-refractivity contribution is 6.63. The Hall–Kier alpha value is -0.843. The average Bonchev–Trinajstić information content (AvgIpc) is 2.15. The first-order chi connectivity index (χ1) is 7.50. The van der Waals surface area contributed by atoms with Crippen LogP contribution in [0.3, 0.4) is 0 Å². The van der Waals surface area contributed by atoms with Crippen molar-refractivity contribution in [3.8, 4) is 0 Å². The second-order valence-corrected chi connectivity index (χ2v) is 5.79. The molecule has 0 bridgehead atoms. The topological polar surface area (TPSA) is 44.5 Å². The van der Waals surface area contributed by atoms with E-state index in [0.717, 1.165) is 10.9 Å². The zero-order valence-electron chi connectivity index (χ0n) is 10.4. The fourth-order valence-corrected chi connectivity index (χ4v) is 2.98. The van der Waals surface area contributed by atoms with Crippen LogP contribution in [0.15, 0.2) is 24.3 Å². The lowest BCUT2D eigenvalue weighted by atomic mass is 10.3. The molecule has 0 heterocycles. The predicted octanol–water partition coefficient (Wildman–Crippen LogP) is 1.81. The van der Waals surface area contributed by atoms with E-state index in [1.807, 2.05) is 52.0 Å². The predicted molar refractivity (Wildman–Crippen MR) is 68.7 cm³/mol. The Bertz CT molecular complexity index is 319. The van der Waals surface area contributed by atoms with Crippen LogP contribution in [-0.4, -0.2) is 21.5 Å². The fraction of sp³-hybridized carbons (Fsp3) is 0.500. The van der Waals surface area contributed by atoms with Gasteiger partial charge in [-0.2, -0.15) is 0 Å².